The van der Waals surface area contributed by atoms with E-state index in [1.165, 1.54) is 11.1 Å². The highest BCUT2D eigenvalue weighted by Crippen LogP contribution is 2.42. The van der Waals surface area contributed by atoms with Crippen molar-refractivity contribution in [2.45, 2.75) is 37.3 Å². The molecule has 1 spiro atoms. The Morgan fingerprint density at radius 3 is 2.79 bits per heavy atom. The van der Waals surface area contributed by atoms with Crippen molar-refractivity contribution in [3.63, 3.8) is 0 Å². The van der Waals surface area contributed by atoms with Gasteiger partial charge in [-0.25, -0.2) is 0 Å². The van der Waals surface area contributed by atoms with E-state index < -0.39 is 0 Å². The Balaban J connectivity index is 1.28. The van der Waals surface area contributed by atoms with Crippen molar-refractivity contribution >= 4 is 11.7 Å². The van der Waals surface area contributed by atoms with E-state index in [4.69, 9.17) is 9.47 Å². The van der Waals surface area contributed by atoms with Crippen LogP contribution in [0.2, 0.25) is 0 Å². The number of nitrogens with zero attached hydrogens (tertiary/aromatic N) is 3. The molecule has 1 aliphatic carbocycles. The second-order valence-electron chi connectivity index (χ2n) is 8.06. The Bertz CT molecular complexity index is 878. The third-order valence-corrected chi connectivity index (χ3v) is 6.26. The number of amides is 1. The number of hydrogen-bond donors (Lipinski definition) is 1. The Morgan fingerprint density at radius 1 is 1.10 bits per heavy atom. The number of carbonyl (C=O) groups excluding carboxylic acids is 1. The van der Waals surface area contributed by atoms with E-state index in [9.17, 15) is 4.79 Å². The van der Waals surface area contributed by atoms with Gasteiger partial charge in [0.1, 0.15) is 5.60 Å². The number of fused-ring (bicyclic) bond motifs is 2. The van der Waals surface area contributed by atoms with Crippen LogP contribution in [0, 0.1) is 0 Å². The number of aryl methyl sites for hydroxylation is 1. The summed E-state index contributed by atoms with van der Waals surface area (Å²) in [5.74, 6) is 0.624. The van der Waals surface area contributed by atoms with Crippen LogP contribution in [0.1, 0.15) is 40.9 Å². The summed E-state index contributed by atoms with van der Waals surface area (Å²) in [6.07, 6.45) is 3.71. The largest absolute Gasteiger partial charge is 0.381 e. The van der Waals surface area contributed by atoms with Gasteiger partial charge in [0.05, 0.1) is 13.2 Å². The fraction of sp³-hybridized carbons (Fsp3) is 0.500. The maximum absolute atomic E-state index is 12.5. The third-order valence-electron chi connectivity index (χ3n) is 6.26. The number of nitrogens with one attached hydrogen (secondary N) is 1. The lowest BCUT2D eigenvalue weighted by atomic mass is 9.93. The van der Waals surface area contributed by atoms with Gasteiger partial charge in [-0.1, -0.05) is 24.3 Å². The first-order valence-corrected chi connectivity index (χ1v) is 10.4. The molecule has 0 bridgehead atoms. The number of anilines is 1. The summed E-state index contributed by atoms with van der Waals surface area (Å²) in [5.41, 5.74) is 2.76. The highest BCUT2D eigenvalue weighted by atomic mass is 16.5. The summed E-state index contributed by atoms with van der Waals surface area (Å²) in [6, 6.07) is 12.4. The molecule has 1 aromatic heterocycles. The minimum Gasteiger partial charge on any atom is -0.381 e. The van der Waals surface area contributed by atoms with Crippen molar-refractivity contribution in [3.8, 4) is 0 Å². The molecule has 0 radical (unpaired) electrons. The predicted octanol–water partition coefficient (Wildman–Crippen LogP) is 2.06. The average Bonchev–Trinajstić information content (AvgIpc) is 3.12. The molecular weight excluding hydrogens is 368 g/mol. The molecule has 2 aliphatic heterocycles. The standard InChI is InChI=1S/C22H26N4O3/c27-21(23-17-8-12-28-13-9-17)19-5-6-20(25-24-19)26-11-14-29-22(15-26)10-7-16-3-1-2-4-18(16)22/h1-6,17H,7-15H2,(H,23,27). The summed E-state index contributed by atoms with van der Waals surface area (Å²) in [7, 11) is 0. The number of hydrogen-bond acceptors (Lipinski definition) is 6. The van der Waals surface area contributed by atoms with Gasteiger partial charge in [-0.2, -0.15) is 0 Å². The molecule has 3 heterocycles. The van der Waals surface area contributed by atoms with Gasteiger partial charge in [-0.05, 0) is 48.9 Å². The number of rotatable bonds is 3. The van der Waals surface area contributed by atoms with Gasteiger partial charge in [-0.3, -0.25) is 4.79 Å². The number of morpholine rings is 1. The van der Waals surface area contributed by atoms with Gasteiger partial charge in [0.2, 0.25) is 0 Å². The Labute approximate surface area is 170 Å². The number of ether oxygens (including phenoxy) is 2. The van der Waals surface area contributed by atoms with Gasteiger partial charge in [0.15, 0.2) is 11.5 Å². The van der Waals surface area contributed by atoms with E-state index in [1.807, 2.05) is 6.07 Å². The molecule has 7 heteroatoms. The quantitative estimate of drug-likeness (QED) is 0.859. The normalized spacial score (nSPS) is 24.5. The molecule has 3 aliphatic rings. The maximum atomic E-state index is 12.5. The van der Waals surface area contributed by atoms with Crippen LogP contribution in [0.4, 0.5) is 5.82 Å². The zero-order chi connectivity index (χ0) is 19.7. The highest BCUT2D eigenvalue weighted by Gasteiger charge is 2.43. The van der Waals surface area contributed by atoms with Crippen LogP contribution in [0.25, 0.3) is 0 Å². The number of benzene rings is 1. The molecule has 1 atom stereocenters. The van der Waals surface area contributed by atoms with Gasteiger partial charge in [-0.15, -0.1) is 10.2 Å². The van der Waals surface area contributed by atoms with Gasteiger partial charge in [0.25, 0.3) is 5.91 Å². The van der Waals surface area contributed by atoms with E-state index >= 15 is 0 Å². The van der Waals surface area contributed by atoms with Crippen molar-refractivity contribution in [1.29, 1.82) is 0 Å². The average molecular weight is 394 g/mol. The Hall–Kier alpha value is -2.51. The van der Waals surface area contributed by atoms with E-state index in [1.54, 1.807) is 6.07 Å². The summed E-state index contributed by atoms with van der Waals surface area (Å²) in [4.78, 5) is 14.7. The van der Waals surface area contributed by atoms with Crippen molar-refractivity contribution in [1.82, 2.24) is 15.5 Å². The van der Waals surface area contributed by atoms with Crippen LogP contribution < -0.4 is 10.2 Å². The summed E-state index contributed by atoms with van der Waals surface area (Å²) >= 11 is 0. The van der Waals surface area contributed by atoms with Crippen LogP contribution in [-0.4, -0.2) is 55.1 Å². The first kappa shape index (κ1) is 18.5. The lowest BCUT2D eigenvalue weighted by molar-refractivity contribution is -0.0594. The number of carbonyl (C=O) groups is 1. The van der Waals surface area contributed by atoms with Crippen molar-refractivity contribution < 1.29 is 14.3 Å². The Morgan fingerprint density at radius 2 is 1.97 bits per heavy atom. The van der Waals surface area contributed by atoms with Crippen molar-refractivity contribution in [3.05, 3.63) is 53.2 Å². The van der Waals surface area contributed by atoms with Gasteiger partial charge in [0, 0.05) is 25.8 Å². The molecule has 2 saturated heterocycles. The third kappa shape index (κ3) is 3.60. The van der Waals surface area contributed by atoms with Crippen LogP contribution in [-0.2, 0) is 21.5 Å². The van der Waals surface area contributed by atoms with E-state index in [2.05, 4.69) is 44.7 Å². The lowest BCUT2D eigenvalue weighted by Crippen LogP contribution is -2.49. The summed E-state index contributed by atoms with van der Waals surface area (Å²) in [6.45, 7) is 3.56. The zero-order valence-corrected chi connectivity index (χ0v) is 16.5. The molecule has 1 unspecified atom stereocenters. The maximum Gasteiger partial charge on any atom is 0.272 e. The molecule has 1 aromatic carbocycles. The van der Waals surface area contributed by atoms with Crippen LogP contribution in [0.5, 0.6) is 0 Å². The minimum atomic E-state index is -0.268. The van der Waals surface area contributed by atoms with Crippen molar-refractivity contribution in [2.75, 3.05) is 37.8 Å². The zero-order valence-electron chi connectivity index (χ0n) is 16.5. The SMILES string of the molecule is O=C(NC1CCOCC1)c1ccc(N2CCOC3(CCc4ccccc43)C2)nn1. The molecule has 0 saturated carbocycles. The molecule has 1 N–H and O–H groups in total. The van der Waals surface area contributed by atoms with Gasteiger partial charge < -0.3 is 19.7 Å². The molecule has 1 amide bonds. The molecule has 2 fully saturated rings. The first-order chi connectivity index (χ1) is 14.2. The molecule has 2 aromatic rings. The second kappa shape index (κ2) is 7.72. The predicted molar refractivity (Wildman–Crippen MR) is 108 cm³/mol. The van der Waals surface area contributed by atoms with E-state index in [-0.39, 0.29) is 17.6 Å². The highest BCUT2D eigenvalue weighted by molar-refractivity contribution is 5.92. The molecule has 7 nitrogen and oxygen atoms in total. The minimum absolute atomic E-state index is 0.152. The number of aromatic nitrogens is 2. The summed E-state index contributed by atoms with van der Waals surface area (Å²) in [5, 5.41) is 11.6. The van der Waals surface area contributed by atoms with E-state index in [0.29, 0.717) is 25.5 Å². The molecule has 29 heavy (non-hydrogen) atoms. The van der Waals surface area contributed by atoms with E-state index in [0.717, 1.165) is 44.6 Å². The Kier molecular flexibility index (Phi) is 4.93. The molecular formula is C22H26N4O3. The molecule has 5 rings (SSSR count). The first-order valence-electron chi connectivity index (χ1n) is 10.4. The van der Waals surface area contributed by atoms with Crippen LogP contribution in [0.15, 0.2) is 36.4 Å². The van der Waals surface area contributed by atoms with Gasteiger partial charge >= 0.3 is 0 Å². The fourth-order valence-corrected chi connectivity index (χ4v) is 4.66. The summed E-state index contributed by atoms with van der Waals surface area (Å²) < 4.78 is 11.6. The fourth-order valence-electron chi connectivity index (χ4n) is 4.66. The van der Waals surface area contributed by atoms with Crippen LogP contribution >= 0.6 is 0 Å². The molecule has 152 valence electrons. The second-order valence-corrected chi connectivity index (χ2v) is 8.06. The smallest absolute Gasteiger partial charge is 0.272 e. The van der Waals surface area contributed by atoms with Crippen LogP contribution in [0.3, 0.4) is 0 Å². The monoisotopic (exact) mass is 394 g/mol. The topological polar surface area (TPSA) is 76.6 Å². The van der Waals surface area contributed by atoms with Crippen molar-refractivity contribution in [2.24, 2.45) is 0 Å². The lowest BCUT2D eigenvalue weighted by Gasteiger charge is -2.41.